The number of aromatic nitrogens is 1. The van der Waals surface area contributed by atoms with Crippen LogP contribution >= 0.6 is 0 Å². The Balaban J connectivity index is 2.17. The summed E-state index contributed by atoms with van der Waals surface area (Å²) < 4.78 is 12.9. The van der Waals surface area contributed by atoms with Gasteiger partial charge in [0.2, 0.25) is 0 Å². The molecule has 2 unspecified atom stereocenters. The van der Waals surface area contributed by atoms with Gasteiger partial charge in [-0.05, 0) is 25.0 Å². The summed E-state index contributed by atoms with van der Waals surface area (Å²) in [7, 11) is 0. The van der Waals surface area contributed by atoms with Crippen LogP contribution in [0.3, 0.4) is 0 Å². The average Bonchev–Trinajstić information content (AvgIpc) is 2.39. The monoisotopic (exact) mass is 237 g/mol. The molecule has 0 radical (unpaired) electrons. The highest BCUT2D eigenvalue weighted by atomic mass is 19.1. The van der Waals surface area contributed by atoms with Crippen LogP contribution in [0, 0.1) is 5.82 Å². The minimum absolute atomic E-state index is 0.274. The highest BCUT2D eigenvalue weighted by molar-refractivity contribution is 5.40. The predicted molar refractivity (Wildman–Crippen MR) is 67.7 cm³/mol. The molecule has 0 aliphatic carbocycles. The Morgan fingerprint density at radius 3 is 2.82 bits per heavy atom. The molecule has 17 heavy (non-hydrogen) atoms. The van der Waals surface area contributed by atoms with Crippen LogP contribution in [0.25, 0.3) is 0 Å². The summed E-state index contributed by atoms with van der Waals surface area (Å²) in [5, 5.41) is 3.54. The number of pyridine rings is 1. The smallest absolute Gasteiger partial charge is 0.141 e. The van der Waals surface area contributed by atoms with Crippen LogP contribution in [0.15, 0.2) is 18.3 Å². The number of hydrogen-bond acceptors (Lipinski definition) is 3. The van der Waals surface area contributed by atoms with Crippen molar-refractivity contribution >= 4 is 5.82 Å². The Bertz CT molecular complexity index is 352. The first-order chi connectivity index (χ1) is 8.24. The fourth-order valence-corrected chi connectivity index (χ4v) is 2.32. The molecule has 94 valence electrons. The van der Waals surface area contributed by atoms with Crippen LogP contribution in [-0.2, 0) is 0 Å². The number of anilines is 1. The SMILES string of the molecule is CCC1CN(c2ccc(F)cn2)C(CC)CN1. The number of nitrogens with zero attached hydrogens (tertiary/aromatic N) is 2. The molecule has 1 N–H and O–H groups in total. The van der Waals surface area contributed by atoms with Crippen molar-refractivity contribution in [3.05, 3.63) is 24.1 Å². The van der Waals surface area contributed by atoms with Crippen LogP contribution in [0.1, 0.15) is 26.7 Å². The lowest BCUT2D eigenvalue weighted by atomic mass is 10.1. The molecule has 1 aliphatic heterocycles. The molecule has 2 heterocycles. The van der Waals surface area contributed by atoms with Crippen molar-refractivity contribution in [2.75, 3.05) is 18.0 Å². The summed E-state index contributed by atoms with van der Waals surface area (Å²) in [6.07, 6.45) is 3.47. The minimum atomic E-state index is -0.274. The van der Waals surface area contributed by atoms with Gasteiger partial charge < -0.3 is 10.2 Å². The lowest BCUT2D eigenvalue weighted by molar-refractivity contribution is 0.376. The maximum Gasteiger partial charge on any atom is 0.141 e. The normalized spacial score (nSPS) is 25.0. The highest BCUT2D eigenvalue weighted by Crippen LogP contribution is 2.20. The molecule has 2 atom stereocenters. The zero-order valence-electron chi connectivity index (χ0n) is 10.5. The molecular formula is C13H20FN3. The molecule has 1 aliphatic rings. The zero-order valence-corrected chi connectivity index (χ0v) is 10.5. The molecule has 0 bridgehead atoms. The first kappa shape index (κ1) is 12.3. The largest absolute Gasteiger partial charge is 0.351 e. The third-order valence-corrected chi connectivity index (χ3v) is 3.47. The topological polar surface area (TPSA) is 28.2 Å². The summed E-state index contributed by atoms with van der Waals surface area (Å²) in [5.74, 6) is 0.613. The maximum atomic E-state index is 12.9. The molecule has 1 aromatic rings. The molecule has 4 heteroatoms. The Kier molecular flexibility index (Phi) is 3.94. The van der Waals surface area contributed by atoms with E-state index in [1.165, 1.54) is 12.3 Å². The van der Waals surface area contributed by atoms with Gasteiger partial charge in [-0.3, -0.25) is 0 Å². The molecule has 2 rings (SSSR count). The van der Waals surface area contributed by atoms with Gasteiger partial charge >= 0.3 is 0 Å². The Morgan fingerprint density at radius 2 is 2.24 bits per heavy atom. The third-order valence-electron chi connectivity index (χ3n) is 3.47. The first-order valence-electron chi connectivity index (χ1n) is 6.36. The van der Waals surface area contributed by atoms with Crippen molar-refractivity contribution in [1.29, 1.82) is 0 Å². The van der Waals surface area contributed by atoms with Gasteiger partial charge in [0.25, 0.3) is 0 Å². The van der Waals surface area contributed by atoms with Crippen LogP contribution in [0.4, 0.5) is 10.2 Å². The van der Waals surface area contributed by atoms with E-state index in [4.69, 9.17) is 0 Å². The summed E-state index contributed by atoms with van der Waals surface area (Å²) in [5.41, 5.74) is 0. The van der Waals surface area contributed by atoms with Gasteiger partial charge in [0.05, 0.1) is 6.20 Å². The predicted octanol–water partition coefficient (Wildman–Crippen LogP) is 2.19. The van der Waals surface area contributed by atoms with E-state index in [1.54, 1.807) is 6.07 Å². The molecule has 0 aromatic carbocycles. The molecule has 1 fully saturated rings. The molecule has 0 amide bonds. The summed E-state index contributed by atoms with van der Waals surface area (Å²) >= 11 is 0. The van der Waals surface area contributed by atoms with Crippen molar-refractivity contribution in [3.8, 4) is 0 Å². The second kappa shape index (κ2) is 5.45. The summed E-state index contributed by atoms with van der Waals surface area (Å²) in [6.45, 7) is 6.29. The number of piperazine rings is 1. The van der Waals surface area contributed by atoms with Crippen LogP contribution in [0.5, 0.6) is 0 Å². The molecule has 0 spiro atoms. The second-order valence-electron chi connectivity index (χ2n) is 4.56. The molecule has 3 nitrogen and oxygen atoms in total. The van der Waals surface area contributed by atoms with Gasteiger partial charge in [-0.15, -0.1) is 0 Å². The minimum Gasteiger partial charge on any atom is -0.351 e. The fourth-order valence-electron chi connectivity index (χ4n) is 2.32. The van der Waals surface area contributed by atoms with Gasteiger partial charge in [0.1, 0.15) is 11.6 Å². The van der Waals surface area contributed by atoms with E-state index in [9.17, 15) is 4.39 Å². The highest BCUT2D eigenvalue weighted by Gasteiger charge is 2.26. The van der Waals surface area contributed by atoms with Gasteiger partial charge in [-0.25, -0.2) is 9.37 Å². The number of hydrogen-bond donors (Lipinski definition) is 1. The lowest BCUT2D eigenvalue weighted by Gasteiger charge is -2.40. The summed E-state index contributed by atoms with van der Waals surface area (Å²) in [4.78, 5) is 6.49. The van der Waals surface area contributed by atoms with Crippen molar-refractivity contribution in [2.45, 2.75) is 38.8 Å². The number of rotatable bonds is 3. The Morgan fingerprint density at radius 1 is 1.41 bits per heavy atom. The number of halogens is 1. The Hall–Kier alpha value is -1.16. The second-order valence-corrected chi connectivity index (χ2v) is 4.56. The van der Waals surface area contributed by atoms with Crippen molar-refractivity contribution in [3.63, 3.8) is 0 Å². The zero-order chi connectivity index (χ0) is 12.3. The third kappa shape index (κ3) is 2.75. The van der Waals surface area contributed by atoms with Crippen molar-refractivity contribution < 1.29 is 4.39 Å². The van der Waals surface area contributed by atoms with E-state index < -0.39 is 0 Å². The number of nitrogens with one attached hydrogen (secondary N) is 1. The molecule has 0 saturated carbocycles. The fraction of sp³-hybridized carbons (Fsp3) is 0.615. The van der Waals surface area contributed by atoms with Crippen molar-refractivity contribution in [1.82, 2.24) is 10.3 Å². The standard InChI is InChI=1S/C13H20FN3/c1-3-11-9-17(12(4-2)8-15-11)13-6-5-10(14)7-16-13/h5-7,11-12,15H,3-4,8-9H2,1-2H3. The van der Waals surface area contributed by atoms with Gasteiger partial charge in [-0.2, -0.15) is 0 Å². The van der Waals surface area contributed by atoms with Gasteiger partial charge in [0.15, 0.2) is 0 Å². The van der Waals surface area contributed by atoms with E-state index in [0.29, 0.717) is 12.1 Å². The molecule has 1 aromatic heterocycles. The molecular weight excluding hydrogens is 217 g/mol. The van der Waals surface area contributed by atoms with Crippen LogP contribution in [-0.4, -0.2) is 30.2 Å². The van der Waals surface area contributed by atoms with Gasteiger partial charge in [0, 0.05) is 25.2 Å². The van der Waals surface area contributed by atoms with E-state index in [-0.39, 0.29) is 5.82 Å². The van der Waals surface area contributed by atoms with E-state index in [2.05, 4.69) is 29.0 Å². The van der Waals surface area contributed by atoms with Crippen molar-refractivity contribution in [2.24, 2.45) is 0 Å². The van der Waals surface area contributed by atoms with E-state index >= 15 is 0 Å². The lowest BCUT2D eigenvalue weighted by Crippen LogP contribution is -2.56. The summed E-state index contributed by atoms with van der Waals surface area (Å²) in [6, 6.07) is 4.22. The van der Waals surface area contributed by atoms with E-state index in [0.717, 1.165) is 31.7 Å². The molecule has 1 saturated heterocycles. The quantitative estimate of drug-likeness (QED) is 0.873. The first-order valence-corrected chi connectivity index (χ1v) is 6.36. The van der Waals surface area contributed by atoms with Crippen LogP contribution in [0.2, 0.25) is 0 Å². The maximum absolute atomic E-state index is 12.9. The van der Waals surface area contributed by atoms with E-state index in [1.807, 2.05) is 0 Å². The Labute approximate surface area is 102 Å². The van der Waals surface area contributed by atoms with Gasteiger partial charge in [-0.1, -0.05) is 13.8 Å². The average molecular weight is 237 g/mol. The van der Waals surface area contributed by atoms with Crippen LogP contribution < -0.4 is 10.2 Å².